The molecular formula is C45H66N18O7S. The fourth-order valence-corrected chi connectivity index (χ4v) is 7.85. The van der Waals surface area contributed by atoms with Crippen LogP contribution in [-0.2, 0) is 46.4 Å². The minimum atomic E-state index is -1.39. The van der Waals surface area contributed by atoms with Gasteiger partial charge < -0.3 is 82.0 Å². The second kappa shape index (κ2) is 27.8. The van der Waals surface area contributed by atoms with E-state index in [4.69, 9.17) is 40.1 Å². The van der Waals surface area contributed by atoms with E-state index in [-0.39, 0.29) is 81.8 Å². The Morgan fingerprint density at radius 2 is 0.831 bits per heavy atom. The molecule has 7 amide bonds. The molecule has 2 aromatic carbocycles. The molecule has 2 aromatic heterocycles. The van der Waals surface area contributed by atoms with Crippen molar-refractivity contribution in [1.82, 2.24) is 41.9 Å². The number of fused-ring (bicyclic) bond motifs is 2. The molecule has 0 spiro atoms. The Labute approximate surface area is 415 Å². The fourth-order valence-electron chi connectivity index (χ4n) is 7.59. The van der Waals surface area contributed by atoms with Gasteiger partial charge in [0.05, 0.1) is 0 Å². The topological polar surface area (TPSA) is 442 Å². The van der Waals surface area contributed by atoms with Gasteiger partial charge in [-0.3, -0.25) is 48.5 Å². The van der Waals surface area contributed by atoms with Gasteiger partial charge in [0.2, 0.25) is 41.4 Å². The summed E-state index contributed by atoms with van der Waals surface area (Å²) in [5, 5.41) is 17.6. The molecule has 22 N–H and O–H groups in total. The second-order valence-corrected chi connectivity index (χ2v) is 17.0. The Hall–Kier alpha value is -8.03. The molecule has 384 valence electrons. The number of nitrogens with zero attached hydrogens (tertiary/aromatic N) is 3. The number of primary amides is 1. The summed E-state index contributed by atoms with van der Waals surface area (Å²) in [7, 11) is 0. The molecule has 0 fully saturated rings. The highest BCUT2D eigenvalue weighted by atomic mass is 32.1. The van der Waals surface area contributed by atoms with Crippen LogP contribution in [-0.4, -0.2) is 131 Å². The van der Waals surface area contributed by atoms with Gasteiger partial charge in [-0.25, -0.2) is 0 Å². The smallest absolute Gasteiger partial charge is 0.244 e. The van der Waals surface area contributed by atoms with Crippen LogP contribution >= 0.6 is 12.6 Å². The van der Waals surface area contributed by atoms with E-state index >= 15 is 0 Å². The number of nitrogens with two attached hydrogens (primary N) is 7. The fraction of sp³-hybridized carbons (Fsp3) is 0.422. The Morgan fingerprint density at radius 1 is 0.493 bits per heavy atom. The summed E-state index contributed by atoms with van der Waals surface area (Å²) in [5.41, 5.74) is 41.1. The van der Waals surface area contributed by atoms with Gasteiger partial charge in [0.1, 0.15) is 36.3 Å². The van der Waals surface area contributed by atoms with E-state index in [0.717, 1.165) is 21.8 Å². The number of hydrogen-bond acceptors (Lipinski definition) is 11. The molecule has 4 aromatic rings. The van der Waals surface area contributed by atoms with Gasteiger partial charge in [-0.2, -0.15) is 12.6 Å². The molecule has 26 heteroatoms. The third-order valence-electron chi connectivity index (χ3n) is 11.1. The normalized spacial score (nSPS) is 13.5. The quantitative estimate of drug-likeness (QED) is 0.0111. The lowest BCUT2D eigenvalue weighted by Gasteiger charge is -2.27. The molecule has 6 atom stereocenters. The van der Waals surface area contributed by atoms with Crippen LogP contribution < -0.4 is 72.0 Å². The Bertz CT molecular complexity index is 2570. The first-order valence-corrected chi connectivity index (χ1v) is 23.4. The molecule has 0 bridgehead atoms. The van der Waals surface area contributed by atoms with Crippen LogP contribution in [0.3, 0.4) is 0 Å². The monoisotopic (exact) mass is 1000 g/mol. The number of guanidine groups is 3. The van der Waals surface area contributed by atoms with Crippen LogP contribution in [0, 0.1) is 0 Å². The van der Waals surface area contributed by atoms with Crippen molar-refractivity contribution in [2.45, 2.75) is 94.5 Å². The Morgan fingerprint density at radius 3 is 1.23 bits per heavy atom. The molecule has 0 saturated heterocycles. The average Bonchev–Trinajstić information content (AvgIpc) is 3.93. The van der Waals surface area contributed by atoms with Crippen molar-refractivity contribution in [2.75, 3.05) is 25.4 Å². The first-order chi connectivity index (χ1) is 33.9. The van der Waals surface area contributed by atoms with E-state index in [0.29, 0.717) is 24.0 Å². The molecule has 0 aliphatic rings. The number of rotatable bonds is 29. The molecule has 25 nitrogen and oxygen atoms in total. The zero-order chi connectivity index (χ0) is 52.0. The van der Waals surface area contributed by atoms with Crippen molar-refractivity contribution in [1.29, 1.82) is 0 Å². The third kappa shape index (κ3) is 18.1. The van der Waals surface area contributed by atoms with E-state index < -0.39 is 77.6 Å². The van der Waals surface area contributed by atoms with Crippen LogP contribution in [0.4, 0.5) is 0 Å². The van der Waals surface area contributed by atoms with Crippen molar-refractivity contribution in [3.63, 3.8) is 0 Å². The van der Waals surface area contributed by atoms with E-state index in [9.17, 15) is 33.6 Å². The van der Waals surface area contributed by atoms with Gasteiger partial charge in [0, 0.05) is 79.4 Å². The SMILES string of the molecule is CC(=O)N[C@@H](CCCN=C(N)N)C(=O)N[C@@H](CCCN=C(N)N)C(=O)N[C@@H](Cc1c[nH]c2ccccc12)C(=O)N[C@@H](Cc1c[nH]c2ccccc12)C(=O)N[C@@H](CS)C(=O)N[C@@H](CCCN=C(N)N)C(N)=O. The Kier molecular flexibility index (Phi) is 21.8. The molecule has 4 rings (SSSR count). The number of aromatic nitrogens is 2. The van der Waals surface area contributed by atoms with Crippen molar-refractivity contribution >= 4 is 93.7 Å². The van der Waals surface area contributed by atoms with Gasteiger partial charge in [-0.1, -0.05) is 36.4 Å². The van der Waals surface area contributed by atoms with Crippen molar-refractivity contribution < 1.29 is 33.6 Å². The summed E-state index contributed by atoms with van der Waals surface area (Å²) in [6, 6.07) is 7.02. The number of carbonyl (C=O) groups excluding carboxylic acids is 7. The second-order valence-electron chi connectivity index (χ2n) is 16.6. The third-order valence-corrected chi connectivity index (χ3v) is 11.5. The maximum absolute atomic E-state index is 14.8. The minimum Gasteiger partial charge on any atom is -0.370 e. The Balaban J connectivity index is 1.68. The molecular weight excluding hydrogens is 937 g/mol. The molecule has 0 aliphatic carbocycles. The minimum absolute atomic E-state index is 0.0117. The first-order valence-electron chi connectivity index (χ1n) is 22.8. The first kappa shape index (κ1) is 55.6. The van der Waals surface area contributed by atoms with Gasteiger partial charge in [-0.05, 0) is 61.8 Å². The van der Waals surface area contributed by atoms with E-state index in [1.807, 2.05) is 48.5 Å². The number of para-hydroxylation sites is 2. The number of amides is 7. The molecule has 2 heterocycles. The number of benzene rings is 2. The number of thiol groups is 1. The summed E-state index contributed by atoms with van der Waals surface area (Å²) in [4.78, 5) is 114. The summed E-state index contributed by atoms with van der Waals surface area (Å²) < 4.78 is 0. The molecule has 0 radical (unpaired) electrons. The van der Waals surface area contributed by atoms with Crippen LogP contribution in [0.2, 0.25) is 0 Å². The molecule has 0 saturated carbocycles. The standard InChI is InChI=1S/C45H66N18O7S/c1-24(64)58-32(14-7-17-54-44(49)50)38(66)60-33(15-8-18-55-45(51)52)39(67)61-34(19-25-21-56-29-11-4-2-9-27(25)29)40(68)62-35(20-26-22-57-30-12-5-3-10-28(26)30)41(69)63-36(23-71)42(70)59-31(37(46)65)13-6-16-53-43(47)48/h2-5,9-12,21-22,31-36,56-57,71H,6-8,13-20,23H2,1H3,(H2,46,65)(H,58,64)(H,59,70)(H,60,66)(H,61,67)(H,62,68)(H,63,69)(H4,47,48,53)(H4,49,50,54)(H4,51,52,55)/t31-,32-,33-,34-,35-,36-/m0/s1. The molecule has 0 unspecified atom stereocenters. The summed E-state index contributed by atoms with van der Waals surface area (Å²) in [6.45, 7) is 1.66. The maximum Gasteiger partial charge on any atom is 0.244 e. The number of hydrogen-bond donors (Lipinski definition) is 16. The summed E-state index contributed by atoms with van der Waals surface area (Å²) in [5.74, 6) is -5.89. The summed E-state index contributed by atoms with van der Waals surface area (Å²) >= 11 is 4.31. The van der Waals surface area contributed by atoms with Gasteiger partial charge in [0.15, 0.2) is 17.9 Å². The number of carbonyl (C=O) groups is 7. The van der Waals surface area contributed by atoms with Crippen molar-refractivity contribution in [3.8, 4) is 0 Å². The highest BCUT2D eigenvalue weighted by Crippen LogP contribution is 2.21. The van der Waals surface area contributed by atoms with Gasteiger partial charge in [0.25, 0.3) is 0 Å². The highest BCUT2D eigenvalue weighted by molar-refractivity contribution is 7.80. The van der Waals surface area contributed by atoms with E-state index in [1.165, 1.54) is 6.92 Å². The number of aliphatic imine (C=N–C) groups is 3. The highest BCUT2D eigenvalue weighted by Gasteiger charge is 2.34. The lowest BCUT2D eigenvalue weighted by Crippen LogP contribution is -2.60. The lowest BCUT2D eigenvalue weighted by atomic mass is 10.0. The molecule has 71 heavy (non-hydrogen) atoms. The van der Waals surface area contributed by atoms with Crippen LogP contribution in [0.5, 0.6) is 0 Å². The predicted molar refractivity (Wildman–Crippen MR) is 274 cm³/mol. The van der Waals surface area contributed by atoms with Crippen molar-refractivity contribution in [3.05, 3.63) is 72.1 Å². The average molecular weight is 1000 g/mol. The van der Waals surface area contributed by atoms with Crippen molar-refractivity contribution in [2.24, 2.45) is 55.1 Å². The number of nitrogens with one attached hydrogen (secondary N) is 8. The lowest BCUT2D eigenvalue weighted by molar-refractivity contribution is -0.135. The van der Waals surface area contributed by atoms with E-state index in [2.05, 4.69) is 69.5 Å². The summed E-state index contributed by atoms with van der Waals surface area (Å²) in [6.07, 6.45) is 4.17. The zero-order valence-electron chi connectivity index (χ0n) is 39.4. The number of aromatic amines is 2. The van der Waals surface area contributed by atoms with Gasteiger partial charge in [-0.15, -0.1) is 0 Å². The predicted octanol–water partition coefficient (Wildman–Crippen LogP) is -3.06. The van der Waals surface area contributed by atoms with Crippen LogP contribution in [0.1, 0.15) is 56.6 Å². The number of H-pyrrole nitrogens is 2. The zero-order valence-corrected chi connectivity index (χ0v) is 40.3. The van der Waals surface area contributed by atoms with Crippen LogP contribution in [0.25, 0.3) is 21.8 Å². The molecule has 0 aliphatic heterocycles. The van der Waals surface area contributed by atoms with Crippen LogP contribution in [0.15, 0.2) is 75.9 Å². The van der Waals surface area contributed by atoms with E-state index in [1.54, 1.807) is 12.4 Å². The van der Waals surface area contributed by atoms with Gasteiger partial charge >= 0.3 is 0 Å². The largest absolute Gasteiger partial charge is 0.370 e. The maximum atomic E-state index is 14.8.